The summed E-state index contributed by atoms with van der Waals surface area (Å²) in [7, 11) is 0. The summed E-state index contributed by atoms with van der Waals surface area (Å²) in [6.45, 7) is 1.63. The first kappa shape index (κ1) is 12.6. The molecule has 0 spiro atoms. The van der Waals surface area contributed by atoms with Crippen molar-refractivity contribution < 1.29 is 23.9 Å². The molecule has 2 N–H and O–H groups in total. The van der Waals surface area contributed by atoms with Gasteiger partial charge < -0.3 is 14.7 Å². The van der Waals surface area contributed by atoms with Gasteiger partial charge in [0.1, 0.15) is 0 Å². The predicted octanol–water partition coefficient (Wildman–Crippen LogP) is 2.96. The van der Waals surface area contributed by atoms with Crippen LogP contribution in [0.5, 0.6) is 5.75 Å². The zero-order valence-electron chi connectivity index (χ0n) is 9.07. The van der Waals surface area contributed by atoms with E-state index >= 15 is 0 Å². The number of nitrogens with zero attached hydrogens (tertiary/aromatic N) is 1. The molecule has 5 nitrogen and oxygen atoms in total. The summed E-state index contributed by atoms with van der Waals surface area (Å²) in [5.41, 5.74) is 0.271. The Morgan fingerprint density at radius 2 is 2.17 bits per heavy atom. The summed E-state index contributed by atoms with van der Waals surface area (Å²) >= 11 is 3.13. The topological polar surface area (TPSA) is 83.6 Å². The second-order valence-corrected chi connectivity index (χ2v) is 4.42. The molecular formula is C11H7BrFNO4. The van der Waals surface area contributed by atoms with Gasteiger partial charge in [-0.25, -0.2) is 9.18 Å². The van der Waals surface area contributed by atoms with Crippen LogP contribution in [0.3, 0.4) is 0 Å². The van der Waals surface area contributed by atoms with Gasteiger partial charge in [0, 0.05) is 10.5 Å². The number of phenols is 1. The number of carboxylic acids is 1. The van der Waals surface area contributed by atoms with Crippen molar-refractivity contribution in [1.82, 2.24) is 5.16 Å². The lowest BCUT2D eigenvalue weighted by molar-refractivity contribution is 0.0686. The first-order valence-corrected chi connectivity index (χ1v) is 5.59. The fourth-order valence-corrected chi connectivity index (χ4v) is 1.90. The molecule has 2 aromatic rings. The molecule has 1 aromatic heterocycles. The zero-order chi connectivity index (χ0) is 13.4. The maximum atomic E-state index is 13.4. The summed E-state index contributed by atoms with van der Waals surface area (Å²) < 4.78 is 18.6. The number of phenolic OH excluding ortho intramolecular Hbond substituents is 1. The lowest BCUT2D eigenvalue weighted by Crippen LogP contribution is -1.94. The molecule has 0 amide bonds. The molecule has 18 heavy (non-hydrogen) atoms. The van der Waals surface area contributed by atoms with E-state index < -0.39 is 17.5 Å². The molecule has 94 valence electrons. The highest BCUT2D eigenvalue weighted by atomic mass is 79.9. The first-order chi connectivity index (χ1) is 8.41. The van der Waals surface area contributed by atoms with E-state index in [1.54, 1.807) is 6.92 Å². The summed E-state index contributed by atoms with van der Waals surface area (Å²) in [5, 5.41) is 21.7. The smallest absolute Gasteiger partial charge is 0.358 e. The third kappa shape index (κ3) is 1.97. The number of aromatic nitrogens is 1. The van der Waals surface area contributed by atoms with Crippen molar-refractivity contribution in [2.45, 2.75) is 6.92 Å². The zero-order valence-corrected chi connectivity index (χ0v) is 10.7. The van der Waals surface area contributed by atoms with Crippen LogP contribution in [0, 0.1) is 12.7 Å². The summed E-state index contributed by atoms with van der Waals surface area (Å²) in [4.78, 5) is 10.7. The van der Waals surface area contributed by atoms with E-state index in [1.807, 2.05) is 0 Å². The van der Waals surface area contributed by atoms with Crippen LogP contribution in [-0.4, -0.2) is 21.3 Å². The van der Waals surface area contributed by atoms with Crippen molar-refractivity contribution in [3.05, 3.63) is 33.7 Å². The summed E-state index contributed by atoms with van der Waals surface area (Å²) in [5.74, 6) is -2.72. The van der Waals surface area contributed by atoms with Gasteiger partial charge in [-0.1, -0.05) is 21.1 Å². The fourth-order valence-electron chi connectivity index (χ4n) is 1.50. The standard InChI is InChI=1S/C11H7BrFNO4/c1-4-5(12)2-6(13)10(15)9(4)8-3-7(11(16)17)14-18-8/h2-3,15H,1H3,(H,16,17). The summed E-state index contributed by atoms with van der Waals surface area (Å²) in [6.07, 6.45) is 0. The minimum atomic E-state index is -1.27. The molecule has 0 saturated heterocycles. The number of hydrogen-bond acceptors (Lipinski definition) is 4. The number of aromatic hydroxyl groups is 1. The molecule has 7 heteroatoms. The molecule has 0 atom stereocenters. The molecule has 0 saturated carbocycles. The molecule has 0 radical (unpaired) electrons. The molecule has 0 aliphatic heterocycles. The molecule has 0 bridgehead atoms. The molecule has 1 heterocycles. The molecule has 0 unspecified atom stereocenters. The predicted molar refractivity (Wildman–Crippen MR) is 63.0 cm³/mol. The number of carbonyl (C=O) groups is 1. The third-order valence-electron chi connectivity index (χ3n) is 2.43. The Labute approximate surface area is 109 Å². The lowest BCUT2D eigenvalue weighted by Gasteiger charge is -2.07. The van der Waals surface area contributed by atoms with E-state index in [1.165, 1.54) is 0 Å². The Balaban J connectivity index is 2.66. The van der Waals surface area contributed by atoms with Crippen LogP contribution in [0.1, 0.15) is 16.1 Å². The van der Waals surface area contributed by atoms with E-state index in [0.29, 0.717) is 10.0 Å². The molecular weight excluding hydrogens is 309 g/mol. The largest absolute Gasteiger partial charge is 0.504 e. The van der Waals surface area contributed by atoms with E-state index in [4.69, 9.17) is 9.63 Å². The molecule has 0 aliphatic carbocycles. The average molecular weight is 316 g/mol. The van der Waals surface area contributed by atoms with E-state index in [-0.39, 0.29) is 17.0 Å². The Bertz CT molecular complexity index is 612. The fraction of sp³-hybridized carbons (Fsp3) is 0.0909. The van der Waals surface area contributed by atoms with Crippen LogP contribution in [0.4, 0.5) is 4.39 Å². The Morgan fingerprint density at radius 3 is 2.72 bits per heavy atom. The second kappa shape index (κ2) is 4.41. The van der Waals surface area contributed by atoms with Crippen molar-refractivity contribution in [2.75, 3.05) is 0 Å². The van der Waals surface area contributed by atoms with Gasteiger partial charge in [0.05, 0.1) is 5.56 Å². The summed E-state index contributed by atoms with van der Waals surface area (Å²) in [6, 6.07) is 2.24. The highest BCUT2D eigenvalue weighted by molar-refractivity contribution is 9.10. The van der Waals surface area contributed by atoms with Crippen LogP contribution in [-0.2, 0) is 0 Å². The van der Waals surface area contributed by atoms with E-state index in [9.17, 15) is 14.3 Å². The van der Waals surface area contributed by atoms with E-state index in [0.717, 1.165) is 12.1 Å². The average Bonchev–Trinajstić information content (AvgIpc) is 2.76. The Morgan fingerprint density at radius 1 is 1.50 bits per heavy atom. The van der Waals surface area contributed by atoms with Gasteiger partial charge in [-0.15, -0.1) is 0 Å². The van der Waals surface area contributed by atoms with Crippen molar-refractivity contribution in [2.24, 2.45) is 0 Å². The van der Waals surface area contributed by atoms with Crippen LogP contribution in [0.25, 0.3) is 11.3 Å². The SMILES string of the molecule is Cc1c(Br)cc(F)c(O)c1-c1cc(C(=O)O)no1. The second-order valence-electron chi connectivity index (χ2n) is 3.57. The van der Waals surface area contributed by atoms with Crippen LogP contribution in [0.15, 0.2) is 21.1 Å². The van der Waals surface area contributed by atoms with Crippen molar-refractivity contribution in [1.29, 1.82) is 0 Å². The van der Waals surface area contributed by atoms with Gasteiger partial charge in [0.2, 0.25) is 0 Å². The van der Waals surface area contributed by atoms with Gasteiger partial charge >= 0.3 is 5.97 Å². The number of hydrogen-bond donors (Lipinski definition) is 2. The minimum absolute atomic E-state index is 0.0115. The quantitative estimate of drug-likeness (QED) is 0.890. The van der Waals surface area contributed by atoms with Crippen molar-refractivity contribution >= 4 is 21.9 Å². The van der Waals surface area contributed by atoms with Crippen molar-refractivity contribution in [3.63, 3.8) is 0 Å². The van der Waals surface area contributed by atoms with Crippen LogP contribution in [0.2, 0.25) is 0 Å². The maximum absolute atomic E-state index is 13.4. The van der Waals surface area contributed by atoms with Gasteiger partial charge in [0.25, 0.3) is 0 Å². The normalized spacial score (nSPS) is 10.6. The van der Waals surface area contributed by atoms with Gasteiger partial charge in [0.15, 0.2) is 23.0 Å². The maximum Gasteiger partial charge on any atom is 0.358 e. The minimum Gasteiger partial charge on any atom is -0.504 e. The molecule has 1 aromatic carbocycles. The molecule has 2 rings (SSSR count). The monoisotopic (exact) mass is 315 g/mol. The number of aromatic carboxylic acids is 1. The Kier molecular flexibility index (Phi) is 3.08. The van der Waals surface area contributed by atoms with Gasteiger partial charge in [-0.3, -0.25) is 0 Å². The van der Waals surface area contributed by atoms with Crippen LogP contribution < -0.4 is 0 Å². The van der Waals surface area contributed by atoms with Gasteiger partial charge in [-0.2, -0.15) is 0 Å². The lowest BCUT2D eigenvalue weighted by atomic mass is 10.0. The highest BCUT2D eigenvalue weighted by Crippen LogP contribution is 2.38. The van der Waals surface area contributed by atoms with Crippen molar-refractivity contribution in [3.8, 4) is 17.1 Å². The highest BCUT2D eigenvalue weighted by Gasteiger charge is 2.21. The Hall–Kier alpha value is -1.89. The third-order valence-corrected chi connectivity index (χ3v) is 3.25. The number of halogens is 2. The van der Waals surface area contributed by atoms with Crippen LogP contribution >= 0.6 is 15.9 Å². The van der Waals surface area contributed by atoms with Gasteiger partial charge in [-0.05, 0) is 18.6 Å². The van der Waals surface area contributed by atoms with E-state index in [2.05, 4.69) is 21.1 Å². The number of benzene rings is 1. The molecule has 0 aliphatic rings. The molecule has 0 fully saturated rings. The number of carboxylic acid groups (broad SMARTS) is 1. The number of rotatable bonds is 2. The first-order valence-electron chi connectivity index (χ1n) is 4.79.